The zero-order valence-corrected chi connectivity index (χ0v) is 20.0. The minimum atomic E-state index is -1.47. The average Bonchev–Trinajstić information content (AvgIpc) is 3.15. The van der Waals surface area contributed by atoms with E-state index in [1.165, 1.54) is 10.5 Å². The van der Waals surface area contributed by atoms with Gasteiger partial charge in [-0.1, -0.05) is 30.3 Å². The standard InChI is InChI=1S/C27H24N4O5/c1-17-4-13-23-28-20(14-24(32)30(23)15-17)16-31-25(33)27(29-26(31)34,18-5-9-21(35-2)10-6-18)19-7-11-22(36-3)12-8-19/h4-15H,16H2,1-3H3,(H,29,34). The van der Waals surface area contributed by atoms with Gasteiger partial charge >= 0.3 is 6.03 Å². The van der Waals surface area contributed by atoms with E-state index in [9.17, 15) is 14.4 Å². The molecule has 4 aromatic rings. The summed E-state index contributed by atoms with van der Waals surface area (Å²) >= 11 is 0. The Morgan fingerprint density at radius 1 is 0.861 bits per heavy atom. The lowest BCUT2D eigenvalue weighted by molar-refractivity contribution is -0.130. The second-order valence-corrected chi connectivity index (χ2v) is 8.55. The molecule has 3 heterocycles. The Kier molecular flexibility index (Phi) is 5.68. The first kappa shape index (κ1) is 23.1. The topological polar surface area (TPSA) is 102 Å². The highest BCUT2D eigenvalue weighted by Crippen LogP contribution is 2.38. The quantitative estimate of drug-likeness (QED) is 0.422. The number of amides is 3. The van der Waals surface area contributed by atoms with Crippen LogP contribution in [-0.2, 0) is 16.9 Å². The Morgan fingerprint density at radius 2 is 1.44 bits per heavy atom. The van der Waals surface area contributed by atoms with Gasteiger partial charge in [0.2, 0.25) is 0 Å². The number of rotatable bonds is 6. The summed E-state index contributed by atoms with van der Waals surface area (Å²) in [6, 6.07) is 18.2. The van der Waals surface area contributed by atoms with Crippen molar-refractivity contribution in [2.45, 2.75) is 19.0 Å². The molecule has 2 aromatic heterocycles. The molecule has 2 aromatic carbocycles. The maximum absolute atomic E-state index is 14.0. The summed E-state index contributed by atoms with van der Waals surface area (Å²) in [6.07, 6.45) is 1.69. The molecule has 0 saturated carbocycles. The normalized spacial score (nSPS) is 14.7. The van der Waals surface area contributed by atoms with E-state index in [2.05, 4.69) is 10.3 Å². The number of carbonyl (C=O) groups is 2. The molecule has 1 saturated heterocycles. The predicted octanol–water partition coefficient (Wildman–Crippen LogP) is 3.02. The lowest BCUT2D eigenvalue weighted by Gasteiger charge is -2.28. The van der Waals surface area contributed by atoms with Crippen LogP contribution in [0.25, 0.3) is 5.65 Å². The number of pyridine rings is 1. The van der Waals surface area contributed by atoms with Crippen LogP contribution in [0.3, 0.4) is 0 Å². The van der Waals surface area contributed by atoms with Gasteiger partial charge in [0, 0.05) is 12.3 Å². The first-order valence-corrected chi connectivity index (χ1v) is 11.3. The number of hydrogen-bond acceptors (Lipinski definition) is 6. The number of ether oxygens (including phenoxy) is 2. The van der Waals surface area contributed by atoms with Crippen LogP contribution in [0.1, 0.15) is 22.4 Å². The first-order chi connectivity index (χ1) is 17.3. The number of nitrogens with zero attached hydrogens (tertiary/aromatic N) is 3. The van der Waals surface area contributed by atoms with Crippen molar-refractivity contribution in [1.82, 2.24) is 19.6 Å². The molecule has 0 radical (unpaired) electrons. The molecular formula is C27H24N4O5. The van der Waals surface area contributed by atoms with Crippen LogP contribution in [0.4, 0.5) is 4.79 Å². The van der Waals surface area contributed by atoms with Gasteiger partial charge in [-0.3, -0.25) is 18.9 Å². The first-order valence-electron chi connectivity index (χ1n) is 11.3. The van der Waals surface area contributed by atoms with Crippen LogP contribution in [0.5, 0.6) is 11.5 Å². The van der Waals surface area contributed by atoms with E-state index < -0.39 is 17.5 Å². The summed E-state index contributed by atoms with van der Waals surface area (Å²) in [5, 5.41) is 2.90. The maximum atomic E-state index is 14.0. The maximum Gasteiger partial charge on any atom is 0.325 e. The van der Waals surface area contributed by atoms with Gasteiger partial charge in [-0.2, -0.15) is 0 Å². The van der Waals surface area contributed by atoms with Crippen molar-refractivity contribution in [3.63, 3.8) is 0 Å². The van der Waals surface area contributed by atoms with Crippen molar-refractivity contribution in [2.24, 2.45) is 0 Å². The number of carbonyl (C=O) groups excluding carboxylic acids is 2. The van der Waals surface area contributed by atoms with E-state index in [4.69, 9.17) is 9.47 Å². The van der Waals surface area contributed by atoms with Crippen LogP contribution in [0.2, 0.25) is 0 Å². The smallest absolute Gasteiger partial charge is 0.325 e. The number of urea groups is 1. The highest BCUT2D eigenvalue weighted by molar-refractivity contribution is 6.09. The van der Waals surface area contributed by atoms with E-state index in [1.807, 2.05) is 13.0 Å². The summed E-state index contributed by atoms with van der Waals surface area (Å²) in [6.45, 7) is 1.73. The van der Waals surface area contributed by atoms with E-state index >= 15 is 0 Å². The number of benzene rings is 2. The Bertz CT molecular complexity index is 1480. The molecule has 0 atom stereocenters. The molecule has 182 valence electrons. The van der Waals surface area contributed by atoms with Crippen molar-refractivity contribution >= 4 is 17.6 Å². The molecule has 9 heteroatoms. The fraction of sp³-hybridized carbons (Fsp3) is 0.185. The lowest BCUT2D eigenvalue weighted by atomic mass is 9.82. The number of fused-ring (bicyclic) bond motifs is 1. The van der Waals surface area contributed by atoms with Gasteiger partial charge in [0.05, 0.1) is 26.5 Å². The van der Waals surface area contributed by atoms with E-state index in [0.717, 1.165) is 10.5 Å². The van der Waals surface area contributed by atoms with Crippen molar-refractivity contribution in [3.05, 3.63) is 106 Å². The summed E-state index contributed by atoms with van der Waals surface area (Å²) in [5.74, 6) is 0.760. The number of hydrogen-bond donors (Lipinski definition) is 1. The molecule has 1 fully saturated rings. The van der Waals surface area contributed by atoms with Crippen LogP contribution in [0.15, 0.2) is 77.7 Å². The Hall–Kier alpha value is -4.66. The monoisotopic (exact) mass is 484 g/mol. The summed E-state index contributed by atoms with van der Waals surface area (Å²) in [7, 11) is 3.11. The largest absolute Gasteiger partial charge is 0.497 e. The molecule has 36 heavy (non-hydrogen) atoms. The molecule has 1 N–H and O–H groups in total. The number of aromatic nitrogens is 2. The summed E-state index contributed by atoms with van der Waals surface area (Å²) < 4.78 is 12.0. The van der Waals surface area contributed by atoms with Crippen LogP contribution in [0, 0.1) is 6.92 Å². The number of methoxy groups -OCH3 is 2. The fourth-order valence-corrected chi connectivity index (χ4v) is 4.46. The summed E-state index contributed by atoms with van der Waals surface area (Å²) in [4.78, 5) is 45.5. The van der Waals surface area contributed by atoms with Crippen LogP contribution in [-0.4, -0.2) is 40.4 Å². The van der Waals surface area contributed by atoms with Gasteiger partial charge in [-0.15, -0.1) is 0 Å². The molecule has 1 aliphatic heterocycles. The molecule has 5 rings (SSSR count). The Balaban J connectivity index is 1.58. The van der Waals surface area contributed by atoms with Gasteiger partial charge < -0.3 is 14.8 Å². The van der Waals surface area contributed by atoms with E-state index in [0.29, 0.717) is 34.0 Å². The van der Waals surface area contributed by atoms with Crippen LogP contribution >= 0.6 is 0 Å². The molecule has 0 aliphatic carbocycles. The summed E-state index contributed by atoms with van der Waals surface area (Å²) in [5.41, 5.74) is 1.03. The average molecular weight is 485 g/mol. The number of nitrogens with one attached hydrogen (secondary N) is 1. The molecule has 0 unspecified atom stereocenters. The van der Waals surface area contributed by atoms with Crippen molar-refractivity contribution in [1.29, 1.82) is 0 Å². The molecule has 0 bridgehead atoms. The third-order valence-electron chi connectivity index (χ3n) is 6.33. The van der Waals surface area contributed by atoms with Crippen molar-refractivity contribution < 1.29 is 19.1 Å². The number of aryl methyl sites for hydroxylation is 1. The van der Waals surface area contributed by atoms with Crippen molar-refractivity contribution in [2.75, 3.05) is 14.2 Å². The minimum absolute atomic E-state index is 0.154. The van der Waals surface area contributed by atoms with Crippen molar-refractivity contribution in [3.8, 4) is 11.5 Å². The van der Waals surface area contributed by atoms with E-state index in [-0.39, 0.29) is 12.1 Å². The number of imide groups is 1. The third kappa shape index (κ3) is 3.74. The van der Waals surface area contributed by atoms with Gasteiger partial charge in [0.15, 0.2) is 5.54 Å². The van der Waals surface area contributed by atoms with Crippen LogP contribution < -0.4 is 20.3 Å². The van der Waals surface area contributed by atoms with E-state index in [1.54, 1.807) is 75.0 Å². The third-order valence-corrected chi connectivity index (χ3v) is 6.33. The Labute approximate surface area is 206 Å². The molecule has 9 nitrogen and oxygen atoms in total. The zero-order valence-electron chi connectivity index (χ0n) is 20.0. The SMILES string of the molecule is COc1ccc(C2(c3ccc(OC)cc3)NC(=O)N(Cc3cc(=O)n4cc(C)ccc4n3)C2=O)cc1. The molecule has 3 amide bonds. The minimum Gasteiger partial charge on any atom is -0.497 e. The van der Waals surface area contributed by atoms with Gasteiger partial charge in [-0.05, 0) is 53.9 Å². The Morgan fingerprint density at radius 3 is 2.00 bits per heavy atom. The molecular weight excluding hydrogens is 460 g/mol. The highest BCUT2D eigenvalue weighted by Gasteiger charge is 2.53. The van der Waals surface area contributed by atoms with Gasteiger partial charge in [-0.25, -0.2) is 9.78 Å². The second kappa shape index (κ2) is 8.84. The zero-order chi connectivity index (χ0) is 25.4. The van der Waals surface area contributed by atoms with Gasteiger partial charge in [0.1, 0.15) is 17.1 Å². The molecule has 1 aliphatic rings. The molecule has 0 spiro atoms. The predicted molar refractivity (Wildman–Crippen MR) is 132 cm³/mol. The highest BCUT2D eigenvalue weighted by atomic mass is 16.5. The fourth-order valence-electron chi connectivity index (χ4n) is 4.46. The second-order valence-electron chi connectivity index (χ2n) is 8.55. The van der Waals surface area contributed by atoms with Gasteiger partial charge in [0.25, 0.3) is 11.5 Å². The lowest BCUT2D eigenvalue weighted by Crippen LogP contribution is -2.45.